The summed E-state index contributed by atoms with van der Waals surface area (Å²) in [7, 11) is 0. The second-order valence-corrected chi connectivity index (χ2v) is 7.25. The topological polar surface area (TPSA) is 49.4 Å². The molecule has 3 rings (SSSR count). The maximum atomic E-state index is 12.3. The summed E-state index contributed by atoms with van der Waals surface area (Å²) >= 11 is 0. The predicted octanol–water partition coefficient (Wildman–Crippen LogP) is 2.47. The van der Waals surface area contributed by atoms with Gasteiger partial charge in [0.25, 0.3) is 0 Å². The van der Waals surface area contributed by atoms with E-state index in [0.29, 0.717) is 30.7 Å². The third-order valence-electron chi connectivity index (χ3n) is 5.49. The van der Waals surface area contributed by atoms with Gasteiger partial charge in [0.05, 0.1) is 0 Å². The first kappa shape index (κ1) is 14.9. The maximum absolute atomic E-state index is 12.3. The number of fused-ring (bicyclic) bond motifs is 2. The van der Waals surface area contributed by atoms with E-state index in [2.05, 4.69) is 5.32 Å². The van der Waals surface area contributed by atoms with Gasteiger partial charge in [0.2, 0.25) is 11.8 Å². The first-order valence-corrected chi connectivity index (χ1v) is 8.78. The van der Waals surface area contributed by atoms with Gasteiger partial charge in [-0.1, -0.05) is 19.3 Å². The minimum atomic E-state index is 0.0625. The molecule has 0 aromatic rings. The molecule has 2 aliphatic carbocycles. The predicted molar refractivity (Wildman–Crippen MR) is 81.7 cm³/mol. The normalized spacial score (nSPS) is 29.4. The van der Waals surface area contributed by atoms with E-state index in [1.165, 1.54) is 38.5 Å². The van der Waals surface area contributed by atoms with Gasteiger partial charge in [-0.15, -0.1) is 0 Å². The second-order valence-electron chi connectivity index (χ2n) is 7.25. The molecule has 2 amide bonds. The molecule has 0 aromatic heterocycles. The van der Waals surface area contributed by atoms with Gasteiger partial charge in [-0.05, 0) is 43.9 Å². The zero-order valence-electron chi connectivity index (χ0n) is 13.0. The number of carbonyl (C=O) groups is 2. The Morgan fingerprint density at radius 1 is 0.905 bits per heavy atom. The lowest BCUT2D eigenvalue weighted by Crippen LogP contribution is -2.46. The number of nitrogens with zero attached hydrogens (tertiary/aromatic N) is 1. The zero-order chi connectivity index (χ0) is 14.7. The molecule has 1 N–H and O–H groups in total. The van der Waals surface area contributed by atoms with E-state index in [4.69, 9.17) is 0 Å². The van der Waals surface area contributed by atoms with Crippen LogP contribution in [0.2, 0.25) is 0 Å². The van der Waals surface area contributed by atoms with Crippen LogP contribution in [0.15, 0.2) is 0 Å². The molecule has 1 aliphatic heterocycles. The van der Waals surface area contributed by atoms with Crippen molar-refractivity contribution >= 4 is 11.8 Å². The molecular weight excluding hydrogens is 264 g/mol. The number of rotatable bonds is 4. The van der Waals surface area contributed by atoms with E-state index in [1.807, 2.05) is 4.90 Å². The Labute approximate surface area is 127 Å². The molecule has 4 heteroatoms. The largest absolute Gasteiger partial charge is 0.353 e. The van der Waals surface area contributed by atoms with E-state index >= 15 is 0 Å². The van der Waals surface area contributed by atoms with Crippen molar-refractivity contribution in [1.82, 2.24) is 10.2 Å². The van der Waals surface area contributed by atoms with Crippen LogP contribution >= 0.6 is 0 Å². The minimum absolute atomic E-state index is 0.0625. The maximum Gasteiger partial charge on any atom is 0.223 e. The highest BCUT2D eigenvalue weighted by Gasteiger charge is 2.32. The summed E-state index contributed by atoms with van der Waals surface area (Å²) < 4.78 is 0. The molecule has 3 fully saturated rings. The SMILES string of the molecule is O=C(CCC(=O)N1CC2CCCC(C2)C1)NC1CCCC1. The van der Waals surface area contributed by atoms with Crippen molar-refractivity contribution in [3.63, 3.8) is 0 Å². The number of hydrogen-bond donors (Lipinski definition) is 1. The van der Waals surface area contributed by atoms with Gasteiger partial charge >= 0.3 is 0 Å². The lowest BCUT2D eigenvalue weighted by Gasteiger charge is -2.41. The van der Waals surface area contributed by atoms with Crippen LogP contribution in [0.25, 0.3) is 0 Å². The fraction of sp³-hybridized carbons (Fsp3) is 0.882. The molecular formula is C17H28N2O2. The summed E-state index contributed by atoms with van der Waals surface area (Å²) in [5.74, 6) is 1.68. The molecule has 1 heterocycles. The number of carbonyl (C=O) groups excluding carboxylic acids is 2. The average molecular weight is 292 g/mol. The quantitative estimate of drug-likeness (QED) is 0.865. The molecule has 2 atom stereocenters. The second kappa shape index (κ2) is 6.80. The van der Waals surface area contributed by atoms with Crippen LogP contribution < -0.4 is 5.32 Å². The van der Waals surface area contributed by atoms with Crippen LogP contribution in [0, 0.1) is 11.8 Å². The van der Waals surface area contributed by atoms with E-state index in [-0.39, 0.29) is 11.8 Å². The Bertz CT molecular complexity index is 378. The van der Waals surface area contributed by atoms with Gasteiger partial charge in [-0.25, -0.2) is 0 Å². The summed E-state index contributed by atoms with van der Waals surface area (Å²) in [6.07, 6.45) is 10.6. The minimum Gasteiger partial charge on any atom is -0.353 e. The molecule has 21 heavy (non-hydrogen) atoms. The standard InChI is InChI=1S/C17H28N2O2/c20-16(18-15-6-1-2-7-15)8-9-17(21)19-11-13-4-3-5-14(10-13)12-19/h13-15H,1-12H2,(H,18,20). The van der Waals surface area contributed by atoms with Crippen molar-refractivity contribution in [2.45, 2.75) is 70.3 Å². The van der Waals surface area contributed by atoms with Crippen molar-refractivity contribution in [3.8, 4) is 0 Å². The summed E-state index contributed by atoms with van der Waals surface area (Å²) in [6.45, 7) is 1.86. The van der Waals surface area contributed by atoms with Crippen molar-refractivity contribution in [3.05, 3.63) is 0 Å². The van der Waals surface area contributed by atoms with E-state index in [0.717, 1.165) is 25.9 Å². The Morgan fingerprint density at radius 2 is 1.57 bits per heavy atom. The third-order valence-corrected chi connectivity index (χ3v) is 5.49. The highest BCUT2D eigenvalue weighted by molar-refractivity contribution is 5.84. The first-order chi connectivity index (χ1) is 10.2. The summed E-state index contributed by atoms with van der Waals surface area (Å²) in [5.41, 5.74) is 0. The van der Waals surface area contributed by atoms with Crippen LogP contribution in [0.1, 0.15) is 64.2 Å². The number of nitrogens with one attached hydrogen (secondary N) is 1. The van der Waals surface area contributed by atoms with Crippen molar-refractivity contribution in [2.24, 2.45) is 11.8 Å². The van der Waals surface area contributed by atoms with Gasteiger partial charge in [0.1, 0.15) is 0 Å². The fourth-order valence-corrected chi connectivity index (χ4v) is 4.38. The molecule has 4 nitrogen and oxygen atoms in total. The Hall–Kier alpha value is -1.06. The molecule has 2 saturated carbocycles. The molecule has 2 bridgehead atoms. The molecule has 0 radical (unpaired) electrons. The van der Waals surface area contributed by atoms with Gasteiger partial charge in [0.15, 0.2) is 0 Å². The van der Waals surface area contributed by atoms with Crippen molar-refractivity contribution < 1.29 is 9.59 Å². The van der Waals surface area contributed by atoms with Crippen molar-refractivity contribution in [1.29, 1.82) is 0 Å². The van der Waals surface area contributed by atoms with Crippen LogP contribution in [0.5, 0.6) is 0 Å². The van der Waals surface area contributed by atoms with Crippen molar-refractivity contribution in [2.75, 3.05) is 13.1 Å². The Kier molecular flexibility index (Phi) is 4.81. The Balaban J connectivity index is 1.40. The van der Waals surface area contributed by atoms with Gasteiger partial charge in [-0.3, -0.25) is 9.59 Å². The van der Waals surface area contributed by atoms with Gasteiger partial charge in [0, 0.05) is 32.0 Å². The number of hydrogen-bond acceptors (Lipinski definition) is 2. The zero-order valence-corrected chi connectivity index (χ0v) is 13.0. The molecule has 0 aromatic carbocycles. The smallest absolute Gasteiger partial charge is 0.223 e. The molecule has 1 saturated heterocycles. The van der Waals surface area contributed by atoms with Gasteiger partial charge < -0.3 is 10.2 Å². The van der Waals surface area contributed by atoms with Crippen LogP contribution in [-0.2, 0) is 9.59 Å². The van der Waals surface area contributed by atoms with Crippen LogP contribution in [-0.4, -0.2) is 35.8 Å². The lowest BCUT2D eigenvalue weighted by atomic mass is 9.78. The van der Waals surface area contributed by atoms with Crippen LogP contribution in [0.4, 0.5) is 0 Å². The first-order valence-electron chi connectivity index (χ1n) is 8.78. The molecule has 2 unspecified atom stereocenters. The van der Waals surface area contributed by atoms with E-state index < -0.39 is 0 Å². The lowest BCUT2D eigenvalue weighted by molar-refractivity contribution is -0.136. The summed E-state index contributed by atoms with van der Waals surface area (Å²) in [5, 5.41) is 3.07. The Morgan fingerprint density at radius 3 is 2.24 bits per heavy atom. The number of likely N-dealkylation sites (tertiary alicyclic amines) is 1. The number of piperidine rings is 1. The highest BCUT2D eigenvalue weighted by atomic mass is 16.2. The molecule has 0 spiro atoms. The van der Waals surface area contributed by atoms with Gasteiger partial charge in [-0.2, -0.15) is 0 Å². The van der Waals surface area contributed by atoms with Crippen LogP contribution in [0.3, 0.4) is 0 Å². The number of amides is 2. The molecule has 118 valence electrons. The summed E-state index contributed by atoms with van der Waals surface area (Å²) in [4.78, 5) is 26.2. The fourth-order valence-electron chi connectivity index (χ4n) is 4.38. The summed E-state index contributed by atoms with van der Waals surface area (Å²) in [6, 6.07) is 0.363. The third kappa shape index (κ3) is 3.98. The monoisotopic (exact) mass is 292 g/mol. The van der Waals surface area contributed by atoms with E-state index in [1.54, 1.807) is 0 Å². The average Bonchev–Trinajstić information content (AvgIpc) is 2.97. The highest BCUT2D eigenvalue weighted by Crippen LogP contribution is 2.34. The van der Waals surface area contributed by atoms with E-state index in [9.17, 15) is 9.59 Å². The molecule has 3 aliphatic rings.